The van der Waals surface area contributed by atoms with Crippen molar-refractivity contribution in [3.63, 3.8) is 0 Å². The van der Waals surface area contributed by atoms with E-state index in [0.29, 0.717) is 6.42 Å². The largest absolute Gasteiger partial charge is 0.459 e. The van der Waals surface area contributed by atoms with E-state index >= 15 is 0 Å². The van der Waals surface area contributed by atoms with Crippen LogP contribution >= 0.6 is 0 Å². The maximum atomic E-state index is 12.3. The SMILES string of the molecule is CCCCCCCCCCCCCCCCCC(=O)OC(CC)(CC)CCCCC. The molecule has 0 aromatic heterocycles. The normalized spacial score (nSPS) is 11.7. The maximum Gasteiger partial charge on any atom is 0.306 e. The molecule has 30 heavy (non-hydrogen) atoms. The lowest BCUT2D eigenvalue weighted by molar-refractivity contribution is -0.162. The molecule has 0 N–H and O–H groups in total. The molecule has 0 atom stereocenters. The Balaban J connectivity index is 3.55. The number of esters is 1. The number of hydrogen-bond donors (Lipinski definition) is 0. The Morgan fingerprint density at radius 2 is 0.900 bits per heavy atom. The second-order valence-electron chi connectivity index (χ2n) is 9.52. The molecule has 0 saturated heterocycles. The highest BCUT2D eigenvalue weighted by Crippen LogP contribution is 2.28. The fraction of sp³-hybridized carbons (Fsp3) is 0.964. The van der Waals surface area contributed by atoms with E-state index in [1.807, 2.05) is 0 Å². The second-order valence-corrected chi connectivity index (χ2v) is 9.52. The molecule has 0 amide bonds. The molecule has 0 aromatic rings. The molecule has 2 nitrogen and oxygen atoms in total. The quantitative estimate of drug-likeness (QED) is 0.120. The summed E-state index contributed by atoms with van der Waals surface area (Å²) >= 11 is 0. The molecular formula is C28H56O2. The van der Waals surface area contributed by atoms with Gasteiger partial charge in [0.05, 0.1) is 0 Å². The van der Waals surface area contributed by atoms with Gasteiger partial charge in [-0.05, 0) is 32.1 Å². The molecule has 2 heteroatoms. The van der Waals surface area contributed by atoms with Gasteiger partial charge in [-0.25, -0.2) is 0 Å². The summed E-state index contributed by atoms with van der Waals surface area (Å²) in [5.74, 6) is 0.0323. The highest BCUT2D eigenvalue weighted by molar-refractivity contribution is 5.69. The number of carbonyl (C=O) groups is 1. The zero-order valence-electron chi connectivity index (χ0n) is 21.4. The fourth-order valence-electron chi connectivity index (χ4n) is 4.43. The Kier molecular flexibility index (Phi) is 21.3. The Morgan fingerprint density at radius 1 is 0.533 bits per heavy atom. The van der Waals surface area contributed by atoms with E-state index in [9.17, 15) is 4.79 Å². The average molecular weight is 425 g/mol. The summed E-state index contributed by atoms with van der Waals surface area (Å²) < 4.78 is 5.96. The summed E-state index contributed by atoms with van der Waals surface area (Å²) in [4.78, 5) is 12.3. The minimum absolute atomic E-state index is 0.0323. The molecule has 0 aliphatic heterocycles. The van der Waals surface area contributed by atoms with Gasteiger partial charge in [0.1, 0.15) is 5.60 Å². The van der Waals surface area contributed by atoms with Crippen molar-refractivity contribution in [2.45, 2.75) is 175 Å². The lowest BCUT2D eigenvalue weighted by atomic mass is 9.90. The van der Waals surface area contributed by atoms with E-state index in [-0.39, 0.29) is 11.6 Å². The lowest BCUT2D eigenvalue weighted by Crippen LogP contribution is -2.33. The van der Waals surface area contributed by atoms with E-state index < -0.39 is 0 Å². The summed E-state index contributed by atoms with van der Waals surface area (Å²) in [6.45, 7) is 8.84. The van der Waals surface area contributed by atoms with Gasteiger partial charge in [-0.3, -0.25) is 4.79 Å². The monoisotopic (exact) mass is 424 g/mol. The Morgan fingerprint density at radius 3 is 1.30 bits per heavy atom. The minimum atomic E-state index is -0.207. The molecule has 0 unspecified atom stereocenters. The summed E-state index contributed by atoms with van der Waals surface area (Å²) in [6, 6.07) is 0. The van der Waals surface area contributed by atoms with Crippen molar-refractivity contribution in [3.05, 3.63) is 0 Å². The third-order valence-electron chi connectivity index (χ3n) is 6.84. The van der Waals surface area contributed by atoms with Crippen molar-refractivity contribution >= 4 is 5.97 Å². The summed E-state index contributed by atoms with van der Waals surface area (Å²) in [5.41, 5.74) is -0.207. The van der Waals surface area contributed by atoms with Gasteiger partial charge < -0.3 is 4.74 Å². The van der Waals surface area contributed by atoms with E-state index in [2.05, 4.69) is 27.7 Å². The molecule has 0 aliphatic rings. The van der Waals surface area contributed by atoms with Crippen LogP contribution in [0, 0.1) is 0 Å². The second kappa shape index (κ2) is 21.7. The average Bonchev–Trinajstić information content (AvgIpc) is 2.75. The topological polar surface area (TPSA) is 26.3 Å². The Bertz CT molecular complexity index is 360. The predicted molar refractivity (Wildman–Crippen MR) is 133 cm³/mol. The molecule has 0 fully saturated rings. The number of rotatable bonds is 23. The first kappa shape index (κ1) is 29.5. The molecule has 0 aromatic carbocycles. The van der Waals surface area contributed by atoms with Crippen molar-refractivity contribution in [2.24, 2.45) is 0 Å². The van der Waals surface area contributed by atoms with E-state index in [1.54, 1.807) is 0 Å². The van der Waals surface area contributed by atoms with Crippen LogP contribution in [0.2, 0.25) is 0 Å². The van der Waals surface area contributed by atoms with Crippen LogP contribution in [0.4, 0.5) is 0 Å². The zero-order chi connectivity index (χ0) is 22.3. The van der Waals surface area contributed by atoms with Gasteiger partial charge >= 0.3 is 5.97 Å². The van der Waals surface area contributed by atoms with Gasteiger partial charge in [0.25, 0.3) is 0 Å². The molecule has 0 bridgehead atoms. The van der Waals surface area contributed by atoms with Crippen LogP contribution in [0.25, 0.3) is 0 Å². The minimum Gasteiger partial charge on any atom is -0.459 e. The number of hydrogen-bond acceptors (Lipinski definition) is 2. The van der Waals surface area contributed by atoms with Crippen molar-refractivity contribution in [3.8, 4) is 0 Å². The predicted octanol–water partition coefficient (Wildman–Crippen LogP) is 9.93. The smallest absolute Gasteiger partial charge is 0.306 e. The van der Waals surface area contributed by atoms with Gasteiger partial charge in [-0.2, -0.15) is 0 Å². The first-order chi connectivity index (χ1) is 14.6. The van der Waals surface area contributed by atoms with Crippen LogP contribution in [0.1, 0.15) is 169 Å². The lowest BCUT2D eigenvalue weighted by Gasteiger charge is -2.31. The highest BCUT2D eigenvalue weighted by Gasteiger charge is 2.29. The van der Waals surface area contributed by atoms with Crippen LogP contribution < -0.4 is 0 Å². The van der Waals surface area contributed by atoms with Crippen molar-refractivity contribution in [2.75, 3.05) is 0 Å². The van der Waals surface area contributed by atoms with Crippen molar-refractivity contribution in [1.29, 1.82) is 0 Å². The molecular weight excluding hydrogens is 368 g/mol. The van der Waals surface area contributed by atoms with Crippen LogP contribution in [0.3, 0.4) is 0 Å². The van der Waals surface area contributed by atoms with Crippen LogP contribution in [0.15, 0.2) is 0 Å². The van der Waals surface area contributed by atoms with E-state index in [4.69, 9.17) is 4.74 Å². The molecule has 0 heterocycles. The first-order valence-electron chi connectivity index (χ1n) is 13.9. The standard InChI is InChI=1S/C28H56O2/c1-5-9-11-12-13-14-15-16-17-18-19-20-21-22-23-25-27(29)30-28(7-3,8-4)26-24-10-6-2/h5-26H2,1-4H3. The van der Waals surface area contributed by atoms with Gasteiger partial charge in [0.15, 0.2) is 0 Å². The van der Waals surface area contributed by atoms with Gasteiger partial charge in [0, 0.05) is 6.42 Å². The molecule has 0 radical (unpaired) electrons. The van der Waals surface area contributed by atoms with Crippen LogP contribution in [-0.2, 0) is 9.53 Å². The molecule has 0 saturated carbocycles. The van der Waals surface area contributed by atoms with E-state index in [1.165, 1.54) is 109 Å². The van der Waals surface area contributed by atoms with Crippen molar-refractivity contribution < 1.29 is 9.53 Å². The first-order valence-corrected chi connectivity index (χ1v) is 13.9. The summed E-state index contributed by atoms with van der Waals surface area (Å²) in [7, 11) is 0. The number of carbonyl (C=O) groups excluding carboxylic acids is 1. The number of unbranched alkanes of at least 4 members (excludes halogenated alkanes) is 16. The van der Waals surface area contributed by atoms with E-state index in [0.717, 1.165) is 25.7 Å². The Labute approximate surface area is 190 Å². The Hall–Kier alpha value is -0.530. The maximum absolute atomic E-state index is 12.3. The fourth-order valence-corrected chi connectivity index (χ4v) is 4.43. The number of ether oxygens (including phenoxy) is 1. The third kappa shape index (κ3) is 17.2. The van der Waals surface area contributed by atoms with Gasteiger partial charge in [0.2, 0.25) is 0 Å². The molecule has 0 rings (SSSR count). The zero-order valence-corrected chi connectivity index (χ0v) is 21.4. The molecule has 0 aliphatic carbocycles. The molecule has 0 spiro atoms. The summed E-state index contributed by atoms with van der Waals surface area (Å²) in [6.07, 6.45) is 27.5. The van der Waals surface area contributed by atoms with Crippen LogP contribution in [0.5, 0.6) is 0 Å². The molecule has 180 valence electrons. The summed E-state index contributed by atoms with van der Waals surface area (Å²) in [5, 5.41) is 0. The van der Waals surface area contributed by atoms with Gasteiger partial charge in [-0.1, -0.05) is 130 Å². The third-order valence-corrected chi connectivity index (χ3v) is 6.84. The highest BCUT2D eigenvalue weighted by atomic mass is 16.6. The van der Waals surface area contributed by atoms with Crippen molar-refractivity contribution in [1.82, 2.24) is 0 Å². The van der Waals surface area contributed by atoms with Gasteiger partial charge in [-0.15, -0.1) is 0 Å². The van der Waals surface area contributed by atoms with Crippen LogP contribution in [-0.4, -0.2) is 11.6 Å².